The molecule has 2 aromatic rings. The van der Waals surface area contributed by atoms with Gasteiger partial charge in [0.25, 0.3) is 0 Å². The fourth-order valence-corrected chi connectivity index (χ4v) is 2.75. The molecule has 0 bridgehead atoms. The van der Waals surface area contributed by atoms with Crippen molar-refractivity contribution < 1.29 is 23.7 Å². The molecule has 0 fully saturated rings. The maximum Gasteiger partial charge on any atom is 0.363 e. The van der Waals surface area contributed by atoms with Crippen molar-refractivity contribution in [2.45, 2.75) is 20.8 Å². The van der Waals surface area contributed by atoms with Gasteiger partial charge in [-0.3, -0.25) is 0 Å². The molecule has 0 unspecified atom stereocenters. The average Bonchev–Trinajstić information content (AvgIpc) is 3.07. The van der Waals surface area contributed by atoms with E-state index in [0.717, 1.165) is 5.56 Å². The van der Waals surface area contributed by atoms with Gasteiger partial charge in [-0.25, -0.2) is 9.79 Å². The number of benzene rings is 2. The highest BCUT2D eigenvalue weighted by Gasteiger charge is 2.25. The second kappa shape index (κ2) is 9.08. The average molecular weight is 381 g/mol. The van der Waals surface area contributed by atoms with E-state index in [1.165, 1.54) is 0 Å². The van der Waals surface area contributed by atoms with Crippen LogP contribution in [0.3, 0.4) is 0 Å². The lowest BCUT2D eigenvalue weighted by Crippen LogP contribution is -2.05. The lowest BCUT2D eigenvalue weighted by molar-refractivity contribution is -0.129. The van der Waals surface area contributed by atoms with Crippen molar-refractivity contribution in [3.05, 3.63) is 59.3 Å². The predicted octanol–water partition coefficient (Wildman–Crippen LogP) is 4.23. The van der Waals surface area contributed by atoms with Gasteiger partial charge < -0.3 is 18.9 Å². The fourth-order valence-electron chi connectivity index (χ4n) is 2.75. The smallest absolute Gasteiger partial charge is 0.363 e. The molecule has 6 heteroatoms. The van der Waals surface area contributed by atoms with Gasteiger partial charge in [0.15, 0.2) is 17.2 Å². The highest BCUT2D eigenvalue weighted by Crippen LogP contribution is 2.37. The van der Waals surface area contributed by atoms with Crippen LogP contribution >= 0.6 is 0 Å². The van der Waals surface area contributed by atoms with Crippen LogP contribution in [0.2, 0.25) is 0 Å². The molecule has 3 rings (SSSR count). The third-order valence-electron chi connectivity index (χ3n) is 3.91. The second-order valence-corrected chi connectivity index (χ2v) is 5.84. The number of hydrogen-bond acceptors (Lipinski definition) is 6. The van der Waals surface area contributed by atoms with Crippen molar-refractivity contribution in [2.75, 3.05) is 19.8 Å². The van der Waals surface area contributed by atoms with Gasteiger partial charge in [0.2, 0.25) is 5.90 Å². The number of esters is 1. The monoisotopic (exact) mass is 381 g/mol. The summed E-state index contributed by atoms with van der Waals surface area (Å²) < 4.78 is 22.4. The molecule has 6 nitrogen and oxygen atoms in total. The van der Waals surface area contributed by atoms with Crippen molar-refractivity contribution >= 4 is 17.9 Å². The van der Waals surface area contributed by atoms with Crippen LogP contribution in [0.4, 0.5) is 0 Å². The molecule has 0 atom stereocenters. The quantitative estimate of drug-likeness (QED) is 0.506. The third-order valence-corrected chi connectivity index (χ3v) is 3.91. The minimum absolute atomic E-state index is 0.200. The molecule has 146 valence electrons. The van der Waals surface area contributed by atoms with Crippen molar-refractivity contribution in [1.29, 1.82) is 0 Å². The van der Waals surface area contributed by atoms with Gasteiger partial charge in [0, 0.05) is 17.2 Å². The van der Waals surface area contributed by atoms with E-state index in [-0.39, 0.29) is 11.6 Å². The summed E-state index contributed by atoms with van der Waals surface area (Å²) in [6.07, 6.45) is 1.64. The number of cyclic esters (lactones) is 1. The van der Waals surface area contributed by atoms with Gasteiger partial charge in [-0.2, -0.15) is 0 Å². The van der Waals surface area contributed by atoms with Crippen molar-refractivity contribution in [1.82, 2.24) is 0 Å². The standard InChI is InChI=1S/C22H23NO5/c1-4-25-18-14-20(27-6-3)19(26-5-2)13-16(18)12-17-22(24)28-21(23-17)15-10-8-7-9-11-15/h7-14H,4-6H2,1-3H3/b17-12+. The van der Waals surface area contributed by atoms with E-state index in [0.29, 0.717) is 42.6 Å². The summed E-state index contributed by atoms with van der Waals surface area (Å²) in [5.41, 5.74) is 1.61. The Labute approximate surface area is 164 Å². The van der Waals surface area contributed by atoms with E-state index in [9.17, 15) is 4.79 Å². The number of aliphatic imine (C=N–C) groups is 1. The van der Waals surface area contributed by atoms with Crippen LogP contribution in [0.25, 0.3) is 6.08 Å². The second-order valence-electron chi connectivity index (χ2n) is 5.84. The molecule has 1 aliphatic heterocycles. The first-order chi connectivity index (χ1) is 13.7. The van der Waals surface area contributed by atoms with Crippen LogP contribution in [0, 0.1) is 0 Å². The van der Waals surface area contributed by atoms with Crippen molar-refractivity contribution in [2.24, 2.45) is 4.99 Å². The molecule has 0 aromatic heterocycles. The summed E-state index contributed by atoms with van der Waals surface area (Å²) >= 11 is 0. The topological polar surface area (TPSA) is 66.3 Å². The first-order valence-electron chi connectivity index (χ1n) is 9.30. The van der Waals surface area contributed by atoms with E-state index in [1.54, 1.807) is 18.2 Å². The maximum atomic E-state index is 12.3. The van der Waals surface area contributed by atoms with E-state index in [1.807, 2.05) is 51.1 Å². The fraction of sp³-hybridized carbons (Fsp3) is 0.273. The van der Waals surface area contributed by atoms with Crippen LogP contribution in [0.15, 0.2) is 53.2 Å². The first-order valence-corrected chi connectivity index (χ1v) is 9.30. The van der Waals surface area contributed by atoms with Crippen LogP contribution in [0.1, 0.15) is 31.9 Å². The Morgan fingerprint density at radius 2 is 1.50 bits per heavy atom. The van der Waals surface area contributed by atoms with E-state index >= 15 is 0 Å². The van der Waals surface area contributed by atoms with E-state index in [4.69, 9.17) is 18.9 Å². The molecule has 0 radical (unpaired) electrons. The third kappa shape index (κ3) is 4.34. The van der Waals surface area contributed by atoms with Crippen LogP contribution in [0.5, 0.6) is 17.2 Å². The zero-order valence-electron chi connectivity index (χ0n) is 16.2. The molecule has 0 aliphatic carbocycles. The molecule has 1 aliphatic rings. The molecule has 0 amide bonds. The Morgan fingerprint density at radius 3 is 2.14 bits per heavy atom. The summed E-state index contributed by atoms with van der Waals surface area (Å²) in [6, 6.07) is 12.8. The number of carbonyl (C=O) groups is 1. The van der Waals surface area contributed by atoms with Crippen LogP contribution in [-0.2, 0) is 9.53 Å². The Kier molecular flexibility index (Phi) is 6.32. The van der Waals surface area contributed by atoms with Crippen LogP contribution in [-0.4, -0.2) is 31.7 Å². The zero-order valence-corrected chi connectivity index (χ0v) is 16.2. The van der Waals surface area contributed by atoms with Gasteiger partial charge >= 0.3 is 5.97 Å². The molecular formula is C22H23NO5. The summed E-state index contributed by atoms with van der Waals surface area (Å²) in [6.45, 7) is 7.16. The molecule has 0 saturated carbocycles. The number of nitrogens with zero attached hydrogens (tertiary/aromatic N) is 1. The van der Waals surface area contributed by atoms with Crippen LogP contribution < -0.4 is 14.2 Å². The summed E-state index contributed by atoms with van der Waals surface area (Å²) in [4.78, 5) is 16.7. The molecule has 0 saturated heterocycles. The molecule has 28 heavy (non-hydrogen) atoms. The predicted molar refractivity (Wildman–Crippen MR) is 107 cm³/mol. The van der Waals surface area contributed by atoms with Gasteiger partial charge in [-0.1, -0.05) is 18.2 Å². The van der Waals surface area contributed by atoms with Gasteiger partial charge in [0.05, 0.1) is 19.8 Å². The minimum Gasteiger partial charge on any atom is -0.493 e. The van der Waals surface area contributed by atoms with E-state index < -0.39 is 5.97 Å². The normalized spacial score (nSPS) is 14.6. The molecule has 2 aromatic carbocycles. The van der Waals surface area contributed by atoms with Crippen molar-refractivity contribution in [3.63, 3.8) is 0 Å². The lowest BCUT2D eigenvalue weighted by Gasteiger charge is -2.15. The van der Waals surface area contributed by atoms with Gasteiger partial charge in [-0.05, 0) is 45.0 Å². The molecule has 0 spiro atoms. The number of hydrogen-bond donors (Lipinski definition) is 0. The number of carbonyl (C=O) groups excluding carboxylic acids is 1. The summed E-state index contributed by atoms with van der Waals surface area (Å²) in [5, 5.41) is 0. The zero-order chi connectivity index (χ0) is 19.9. The van der Waals surface area contributed by atoms with Gasteiger partial charge in [0.1, 0.15) is 5.75 Å². The Morgan fingerprint density at radius 1 is 0.893 bits per heavy atom. The van der Waals surface area contributed by atoms with Gasteiger partial charge in [-0.15, -0.1) is 0 Å². The van der Waals surface area contributed by atoms with Crippen molar-refractivity contribution in [3.8, 4) is 17.2 Å². The molecular weight excluding hydrogens is 358 g/mol. The summed E-state index contributed by atoms with van der Waals surface area (Å²) in [7, 11) is 0. The Hall–Kier alpha value is -3.28. The molecule has 1 heterocycles. The minimum atomic E-state index is -0.506. The first kappa shape index (κ1) is 19.5. The van der Waals surface area contributed by atoms with E-state index in [2.05, 4.69) is 4.99 Å². The SMILES string of the molecule is CCOc1cc(OCC)c(OCC)cc1/C=C1/N=C(c2ccccc2)OC1=O. The maximum absolute atomic E-state index is 12.3. The number of rotatable bonds is 8. The highest BCUT2D eigenvalue weighted by molar-refractivity contribution is 6.12. The summed E-state index contributed by atoms with van der Waals surface area (Å²) in [5.74, 6) is 1.53. The largest absolute Gasteiger partial charge is 0.493 e. The molecule has 0 N–H and O–H groups in total. The number of ether oxygens (including phenoxy) is 4. The lowest BCUT2D eigenvalue weighted by atomic mass is 10.1. The Bertz CT molecular complexity index is 903. The Balaban J connectivity index is 2.02. The highest BCUT2D eigenvalue weighted by atomic mass is 16.6.